The Morgan fingerprint density at radius 2 is 1.73 bits per heavy atom. The van der Waals surface area contributed by atoms with Crippen LogP contribution in [0, 0.1) is 5.82 Å². The summed E-state index contributed by atoms with van der Waals surface area (Å²) < 4.78 is 20.2. The van der Waals surface area contributed by atoms with Crippen molar-refractivity contribution >= 4 is 15.9 Å². The van der Waals surface area contributed by atoms with Gasteiger partial charge < -0.3 is 9.84 Å². The first-order valence-electron chi connectivity index (χ1n) is 7.12. The summed E-state index contributed by atoms with van der Waals surface area (Å²) in [7, 11) is 0. The monoisotopic (exact) mass is 366 g/mol. The Bertz CT molecular complexity index is 650. The molecule has 1 N–H and O–H groups in total. The number of aliphatic hydroxyl groups is 1. The van der Waals surface area contributed by atoms with E-state index in [0.29, 0.717) is 27.6 Å². The molecule has 0 aliphatic carbocycles. The largest absolute Gasteiger partial charge is 0.364 e. The number of aliphatic hydroxyl groups excluding tert-OH is 1. The molecule has 0 heterocycles. The van der Waals surface area contributed by atoms with Crippen LogP contribution in [0.15, 0.2) is 42.5 Å². The van der Waals surface area contributed by atoms with Crippen molar-refractivity contribution < 1.29 is 14.2 Å². The van der Waals surface area contributed by atoms with Gasteiger partial charge in [0.25, 0.3) is 0 Å². The van der Waals surface area contributed by atoms with Crippen molar-refractivity contribution in [2.45, 2.75) is 38.0 Å². The topological polar surface area (TPSA) is 29.5 Å². The first-order chi connectivity index (χ1) is 10.3. The molecule has 2 rings (SSSR count). The van der Waals surface area contributed by atoms with Gasteiger partial charge in [0.15, 0.2) is 6.29 Å². The zero-order valence-electron chi connectivity index (χ0n) is 12.9. The van der Waals surface area contributed by atoms with E-state index in [1.54, 1.807) is 30.3 Å². The number of rotatable bonds is 4. The van der Waals surface area contributed by atoms with Gasteiger partial charge in [0.1, 0.15) is 5.82 Å². The van der Waals surface area contributed by atoms with Crippen molar-refractivity contribution in [1.82, 2.24) is 0 Å². The van der Waals surface area contributed by atoms with Gasteiger partial charge >= 0.3 is 0 Å². The lowest BCUT2D eigenvalue weighted by atomic mass is 9.97. The molecule has 4 heteroatoms. The van der Waals surface area contributed by atoms with Crippen LogP contribution in [0.4, 0.5) is 4.39 Å². The maximum absolute atomic E-state index is 14.6. The van der Waals surface area contributed by atoms with E-state index in [2.05, 4.69) is 15.9 Å². The van der Waals surface area contributed by atoms with Gasteiger partial charge in [-0.3, -0.25) is 0 Å². The molecule has 22 heavy (non-hydrogen) atoms. The molecular weight excluding hydrogens is 347 g/mol. The van der Waals surface area contributed by atoms with Crippen LogP contribution in [0.25, 0.3) is 11.1 Å². The molecular formula is C18H20BrFO2. The molecule has 0 spiro atoms. The molecule has 0 bridgehead atoms. The van der Waals surface area contributed by atoms with E-state index < -0.39 is 11.9 Å². The van der Waals surface area contributed by atoms with E-state index in [9.17, 15) is 9.50 Å². The third-order valence-corrected chi connectivity index (χ3v) is 3.81. The number of halogens is 2. The van der Waals surface area contributed by atoms with Crippen LogP contribution in [0.2, 0.25) is 0 Å². The minimum absolute atomic E-state index is 0.283. The van der Waals surface area contributed by atoms with Gasteiger partial charge in [0.05, 0.1) is 5.60 Å². The summed E-state index contributed by atoms with van der Waals surface area (Å²) in [6.07, 6.45) is -1.11. The normalized spacial score (nSPS) is 13.2. The van der Waals surface area contributed by atoms with Gasteiger partial charge in [-0.2, -0.15) is 0 Å². The highest BCUT2D eigenvalue weighted by molar-refractivity contribution is 9.08. The first kappa shape index (κ1) is 17.1. The van der Waals surface area contributed by atoms with Crippen LogP contribution in [-0.4, -0.2) is 10.7 Å². The van der Waals surface area contributed by atoms with Gasteiger partial charge in [0.2, 0.25) is 0 Å². The molecule has 2 aromatic carbocycles. The van der Waals surface area contributed by atoms with Crippen LogP contribution < -0.4 is 0 Å². The van der Waals surface area contributed by atoms with Gasteiger partial charge in [-0.15, -0.1) is 0 Å². The predicted molar refractivity (Wildman–Crippen MR) is 90.3 cm³/mol. The second-order valence-corrected chi connectivity index (χ2v) is 6.64. The molecule has 1 atom stereocenters. The van der Waals surface area contributed by atoms with Crippen LogP contribution in [0.1, 0.15) is 38.2 Å². The molecule has 0 aliphatic rings. The molecule has 0 saturated heterocycles. The highest BCUT2D eigenvalue weighted by Gasteiger charge is 2.22. The fourth-order valence-corrected chi connectivity index (χ4v) is 2.68. The lowest BCUT2D eigenvalue weighted by molar-refractivity contribution is -0.169. The molecule has 0 saturated carbocycles. The van der Waals surface area contributed by atoms with Crippen molar-refractivity contribution in [1.29, 1.82) is 0 Å². The third-order valence-electron chi connectivity index (χ3n) is 3.20. The predicted octanol–water partition coefficient (Wildman–Crippen LogP) is 5.19. The van der Waals surface area contributed by atoms with E-state index in [1.165, 1.54) is 0 Å². The van der Waals surface area contributed by atoms with Gasteiger partial charge in [-0.1, -0.05) is 58.4 Å². The Hall–Kier alpha value is -1.23. The molecule has 0 fully saturated rings. The van der Waals surface area contributed by atoms with Gasteiger partial charge in [-0.05, 0) is 31.9 Å². The van der Waals surface area contributed by atoms with Gasteiger partial charge in [0, 0.05) is 16.5 Å². The third kappa shape index (κ3) is 3.94. The van der Waals surface area contributed by atoms with Crippen molar-refractivity contribution in [2.75, 3.05) is 0 Å². The Morgan fingerprint density at radius 3 is 2.36 bits per heavy atom. The summed E-state index contributed by atoms with van der Waals surface area (Å²) in [5, 5.41) is 10.8. The van der Waals surface area contributed by atoms with Crippen molar-refractivity contribution in [3.8, 4) is 11.1 Å². The lowest BCUT2D eigenvalue weighted by Crippen LogP contribution is -2.22. The van der Waals surface area contributed by atoms with Crippen molar-refractivity contribution in [2.24, 2.45) is 0 Å². The minimum atomic E-state index is -1.11. The summed E-state index contributed by atoms with van der Waals surface area (Å²) in [5.74, 6) is -0.283. The summed E-state index contributed by atoms with van der Waals surface area (Å²) in [6.45, 7) is 5.60. The Kier molecular flexibility index (Phi) is 5.37. The summed E-state index contributed by atoms with van der Waals surface area (Å²) in [4.78, 5) is 0. The van der Waals surface area contributed by atoms with Crippen molar-refractivity contribution in [3.05, 3.63) is 59.4 Å². The summed E-state index contributed by atoms with van der Waals surface area (Å²) in [6, 6.07) is 12.4. The number of alkyl halides is 1. The van der Waals surface area contributed by atoms with Crippen LogP contribution in [0.3, 0.4) is 0 Å². The van der Waals surface area contributed by atoms with Crippen LogP contribution in [0.5, 0.6) is 0 Å². The maximum atomic E-state index is 14.6. The van der Waals surface area contributed by atoms with E-state index in [0.717, 1.165) is 0 Å². The maximum Gasteiger partial charge on any atom is 0.182 e. The van der Waals surface area contributed by atoms with E-state index in [1.807, 2.05) is 32.9 Å². The van der Waals surface area contributed by atoms with Crippen molar-refractivity contribution in [3.63, 3.8) is 0 Å². The van der Waals surface area contributed by atoms with E-state index >= 15 is 0 Å². The molecule has 1 unspecified atom stereocenters. The highest BCUT2D eigenvalue weighted by Crippen LogP contribution is 2.33. The van der Waals surface area contributed by atoms with Crippen LogP contribution in [-0.2, 0) is 10.1 Å². The number of ether oxygens (including phenoxy) is 1. The first-order valence-corrected chi connectivity index (χ1v) is 8.24. The summed E-state index contributed by atoms with van der Waals surface area (Å²) in [5.41, 5.74) is 1.74. The fourth-order valence-electron chi connectivity index (χ4n) is 2.25. The zero-order chi connectivity index (χ0) is 16.3. The quantitative estimate of drug-likeness (QED) is 0.595. The highest BCUT2D eigenvalue weighted by atomic mass is 79.9. The van der Waals surface area contributed by atoms with E-state index in [4.69, 9.17) is 4.74 Å². The average molecular weight is 367 g/mol. The SMILES string of the molecule is CC(C)(C)OC(O)c1ccccc1-c1cccc(CBr)c1F. The second-order valence-electron chi connectivity index (χ2n) is 6.08. The minimum Gasteiger partial charge on any atom is -0.364 e. The molecule has 2 nitrogen and oxygen atoms in total. The second kappa shape index (κ2) is 6.90. The summed E-state index contributed by atoms with van der Waals surface area (Å²) >= 11 is 3.29. The lowest BCUT2D eigenvalue weighted by Gasteiger charge is -2.25. The van der Waals surface area contributed by atoms with E-state index in [-0.39, 0.29) is 5.82 Å². The molecule has 0 aromatic heterocycles. The number of hydrogen-bond donors (Lipinski definition) is 1. The Labute approximate surface area is 139 Å². The Balaban J connectivity index is 2.49. The number of hydrogen-bond acceptors (Lipinski definition) is 2. The number of benzene rings is 2. The molecule has 118 valence electrons. The zero-order valence-corrected chi connectivity index (χ0v) is 14.5. The molecule has 0 aliphatic heterocycles. The standard InChI is InChI=1S/C18H20BrFO2/c1-18(2,3)22-17(21)15-9-5-4-8-13(15)14-10-6-7-12(11-19)16(14)20/h4-10,17,21H,11H2,1-3H3. The fraction of sp³-hybridized carbons (Fsp3) is 0.333. The van der Waals surface area contributed by atoms with Crippen LogP contribution >= 0.6 is 15.9 Å². The van der Waals surface area contributed by atoms with Gasteiger partial charge in [-0.25, -0.2) is 4.39 Å². The average Bonchev–Trinajstić information content (AvgIpc) is 2.46. The molecule has 2 aromatic rings. The molecule has 0 radical (unpaired) electrons. The molecule has 0 amide bonds. The Morgan fingerprint density at radius 1 is 1.09 bits per heavy atom. The smallest absolute Gasteiger partial charge is 0.182 e.